The van der Waals surface area contributed by atoms with Gasteiger partial charge in [-0.25, -0.2) is 0 Å². The predicted molar refractivity (Wildman–Crippen MR) is 98.8 cm³/mol. The van der Waals surface area contributed by atoms with Gasteiger partial charge in [-0.1, -0.05) is 55.0 Å². The molecule has 0 spiro atoms. The van der Waals surface area contributed by atoms with Crippen molar-refractivity contribution in [3.8, 4) is 5.75 Å². The lowest BCUT2D eigenvalue weighted by atomic mass is 9.98. The van der Waals surface area contributed by atoms with E-state index in [1.165, 1.54) is 6.42 Å². The Morgan fingerprint density at radius 2 is 1.68 bits per heavy atom. The zero-order valence-electron chi connectivity index (χ0n) is 14.2. The summed E-state index contributed by atoms with van der Waals surface area (Å²) in [6.07, 6.45) is 5.31. The molecule has 0 heterocycles. The first kappa shape index (κ1) is 17.8. The molecule has 0 radical (unpaired) electrons. The molecule has 0 bridgehead atoms. The van der Waals surface area contributed by atoms with Crippen molar-refractivity contribution >= 4 is 17.6 Å². The number of ether oxygens (including phenoxy) is 2. The van der Waals surface area contributed by atoms with Crippen LogP contribution >= 0.6 is 11.6 Å². The van der Waals surface area contributed by atoms with Crippen LogP contribution in [-0.4, -0.2) is 12.1 Å². The monoisotopic (exact) mass is 358 g/mol. The van der Waals surface area contributed by atoms with E-state index in [2.05, 4.69) is 0 Å². The van der Waals surface area contributed by atoms with E-state index in [-0.39, 0.29) is 12.1 Å². The summed E-state index contributed by atoms with van der Waals surface area (Å²) in [5.74, 6) is 0.233. The zero-order chi connectivity index (χ0) is 17.5. The molecule has 3 rings (SSSR count). The minimum absolute atomic E-state index is 0.0000932. The molecule has 132 valence electrons. The van der Waals surface area contributed by atoms with E-state index >= 15 is 0 Å². The van der Waals surface area contributed by atoms with Gasteiger partial charge in [0.15, 0.2) is 5.38 Å². The van der Waals surface area contributed by atoms with Crippen LogP contribution in [0, 0.1) is 0 Å². The van der Waals surface area contributed by atoms with Crippen LogP contribution in [0.5, 0.6) is 5.75 Å². The van der Waals surface area contributed by atoms with Crippen LogP contribution in [0.3, 0.4) is 0 Å². The molecule has 0 N–H and O–H groups in total. The number of esters is 1. The summed E-state index contributed by atoms with van der Waals surface area (Å²) in [6, 6.07) is 17.3. The maximum absolute atomic E-state index is 12.4. The van der Waals surface area contributed by atoms with E-state index in [1.807, 2.05) is 54.6 Å². The first-order valence-corrected chi connectivity index (χ1v) is 9.28. The van der Waals surface area contributed by atoms with Crippen molar-refractivity contribution in [3.05, 3.63) is 65.7 Å². The average molecular weight is 359 g/mol. The minimum Gasteiger partial charge on any atom is -0.489 e. The van der Waals surface area contributed by atoms with Crippen molar-refractivity contribution in [1.29, 1.82) is 0 Å². The maximum Gasteiger partial charge on any atom is 0.329 e. The predicted octanol–water partition coefficient (Wildman–Crippen LogP) is 5.42. The second-order valence-corrected chi connectivity index (χ2v) is 6.81. The van der Waals surface area contributed by atoms with Crippen LogP contribution in [0.4, 0.5) is 0 Å². The van der Waals surface area contributed by atoms with E-state index < -0.39 is 5.38 Å². The summed E-state index contributed by atoms with van der Waals surface area (Å²) in [5, 5.41) is -0.853. The van der Waals surface area contributed by atoms with Gasteiger partial charge in [0.05, 0.1) is 0 Å². The Labute approximate surface area is 153 Å². The normalized spacial score (nSPS) is 16.2. The fraction of sp³-hybridized carbons (Fsp3) is 0.381. The molecule has 2 aromatic rings. The van der Waals surface area contributed by atoms with E-state index in [1.54, 1.807) is 0 Å². The molecule has 1 aliphatic carbocycles. The summed E-state index contributed by atoms with van der Waals surface area (Å²) in [7, 11) is 0. The Morgan fingerprint density at radius 3 is 2.44 bits per heavy atom. The molecule has 1 fully saturated rings. The Bertz CT molecular complexity index is 681. The molecule has 0 saturated heterocycles. The van der Waals surface area contributed by atoms with Crippen molar-refractivity contribution in [2.75, 3.05) is 0 Å². The molecular weight excluding hydrogens is 336 g/mol. The van der Waals surface area contributed by atoms with E-state index in [4.69, 9.17) is 21.1 Å². The first-order chi connectivity index (χ1) is 12.2. The Balaban J connectivity index is 1.65. The number of carbonyl (C=O) groups is 1. The minimum atomic E-state index is -0.853. The van der Waals surface area contributed by atoms with Crippen LogP contribution < -0.4 is 4.74 Å². The van der Waals surface area contributed by atoms with Crippen molar-refractivity contribution in [2.45, 2.75) is 50.2 Å². The van der Waals surface area contributed by atoms with Crippen LogP contribution in [0.1, 0.15) is 48.6 Å². The van der Waals surface area contributed by atoms with Crippen molar-refractivity contribution in [1.82, 2.24) is 0 Å². The molecular formula is C21H23ClO3. The molecule has 25 heavy (non-hydrogen) atoms. The van der Waals surface area contributed by atoms with Crippen molar-refractivity contribution in [2.24, 2.45) is 0 Å². The number of halogens is 1. The van der Waals surface area contributed by atoms with Crippen molar-refractivity contribution in [3.63, 3.8) is 0 Å². The molecule has 0 aromatic heterocycles. The topological polar surface area (TPSA) is 35.5 Å². The molecule has 0 aliphatic heterocycles. The highest BCUT2D eigenvalue weighted by Gasteiger charge is 2.26. The van der Waals surface area contributed by atoms with Crippen LogP contribution in [0.2, 0.25) is 0 Å². The fourth-order valence-electron chi connectivity index (χ4n) is 3.09. The lowest BCUT2D eigenvalue weighted by Crippen LogP contribution is -2.23. The summed E-state index contributed by atoms with van der Waals surface area (Å²) in [4.78, 5) is 12.4. The standard InChI is InChI=1S/C21H23ClO3/c22-20(21(23)25-17-11-5-2-6-12-17)18-13-7-8-14-19(18)24-15-16-9-3-1-4-10-16/h1,3-4,7-10,13-14,17,20H,2,5-6,11-12,15H2. The van der Waals surface area contributed by atoms with Gasteiger partial charge in [0.1, 0.15) is 18.5 Å². The number of hydrogen-bond acceptors (Lipinski definition) is 3. The number of benzene rings is 2. The third-order valence-electron chi connectivity index (χ3n) is 4.47. The smallest absolute Gasteiger partial charge is 0.329 e. The quantitative estimate of drug-likeness (QED) is 0.510. The second-order valence-electron chi connectivity index (χ2n) is 6.37. The van der Waals surface area contributed by atoms with E-state index in [9.17, 15) is 4.79 Å². The second kappa shape index (κ2) is 8.91. The van der Waals surface area contributed by atoms with Gasteiger partial charge in [0, 0.05) is 5.56 Å². The van der Waals surface area contributed by atoms with Gasteiger partial charge >= 0.3 is 5.97 Å². The Morgan fingerprint density at radius 1 is 1.00 bits per heavy atom. The van der Waals surface area contributed by atoms with Gasteiger partial charge in [0.2, 0.25) is 0 Å². The molecule has 1 atom stereocenters. The number of para-hydroxylation sites is 1. The lowest BCUT2D eigenvalue weighted by molar-refractivity contribution is -0.150. The highest BCUT2D eigenvalue weighted by molar-refractivity contribution is 6.30. The SMILES string of the molecule is O=C(OC1CCCCC1)C(Cl)c1ccccc1OCc1ccccc1. The number of rotatable bonds is 6. The van der Waals surface area contributed by atoms with Gasteiger partial charge < -0.3 is 9.47 Å². The summed E-state index contributed by atoms with van der Waals surface area (Å²) < 4.78 is 11.5. The van der Waals surface area contributed by atoms with Gasteiger partial charge in [-0.2, -0.15) is 0 Å². The highest BCUT2D eigenvalue weighted by Crippen LogP contribution is 2.32. The molecule has 2 aromatic carbocycles. The summed E-state index contributed by atoms with van der Waals surface area (Å²) in [6.45, 7) is 0.430. The van der Waals surface area contributed by atoms with Crippen molar-refractivity contribution < 1.29 is 14.3 Å². The molecule has 0 amide bonds. The maximum atomic E-state index is 12.4. The fourth-order valence-corrected chi connectivity index (χ4v) is 3.32. The van der Waals surface area contributed by atoms with E-state index in [0.29, 0.717) is 17.9 Å². The van der Waals surface area contributed by atoms with Gasteiger partial charge in [-0.3, -0.25) is 4.79 Å². The van der Waals surface area contributed by atoms with Gasteiger partial charge in [-0.15, -0.1) is 11.6 Å². The zero-order valence-corrected chi connectivity index (χ0v) is 15.0. The number of carbonyl (C=O) groups excluding carboxylic acids is 1. The highest BCUT2D eigenvalue weighted by atomic mass is 35.5. The van der Waals surface area contributed by atoms with E-state index in [0.717, 1.165) is 31.2 Å². The third kappa shape index (κ3) is 4.99. The van der Waals surface area contributed by atoms with Gasteiger partial charge in [-0.05, 0) is 37.3 Å². The summed E-state index contributed by atoms with van der Waals surface area (Å²) in [5.41, 5.74) is 1.72. The largest absolute Gasteiger partial charge is 0.489 e. The first-order valence-electron chi connectivity index (χ1n) is 8.84. The molecule has 4 heteroatoms. The number of alkyl halides is 1. The molecule has 1 unspecified atom stereocenters. The van der Waals surface area contributed by atoms with Crippen LogP contribution in [0.15, 0.2) is 54.6 Å². The van der Waals surface area contributed by atoms with Gasteiger partial charge in [0.25, 0.3) is 0 Å². The number of hydrogen-bond donors (Lipinski definition) is 0. The average Bonchev–Trinajstić information content (AvgIpc) is 2.67. The lowest BCUT2D eigenvalue weighted by Gasteiger charge is -2.23. The summed E-state index contributed by atoms with van der Waals surface area (Å²) >= 11 is 6.41. The molecule has 1 saturated carbocycles. The Hall–Kier alpha value is -2.00. The van der Waals surface area contributed by atoms with Crippen LogP contribution in [-0.2, 0) is 16.1 Å². The van der Waals surface area contributed by atoms with Crippen LogP contribution in [0.25, 0.3) is 0 Å². The molecule has 3 nitrogen and oxygen atoms in total. The Kier molecular flexibility index (Phi) is 6.35. The third-order valence-corrected chi connectivity index (χ3v) is 4.88. The molecule has 1 aliphatic rings.